The van der Waals surface area contributed by atoms with E-state index >= 15 is 0 Å². The van der Waals surface area contributed by atoms with Crippen molar-refractivity contribution in [2.45, 2.75) is 161 Å². The summed E-state index contributed by atoms with van der Waals surface area (Å²) < 4.78 is 10.8. The Hall–Kier alpha value is -0.0452. The molecule has 0 aliphatic carbocycles. The van der Waals surface area contributed by atoms with Gasteiger partial charge in [0, 0.05) is 42.6 Å². The number of ether oxygens (including phenoxy) is 1. The van der Waals surface area contributed by atoms with Crippen LogP contribution in [0.5, 0.6) is 0 Å². The molecule has 0 saturated carbocycles. The second-order valence-electron chi connectivity index (χ2n) is 19.9. The highest BCUT2D eigenvalue weighted by atomic mass is 17.0. The Morgan fingerprint density at radius 2 is 1.11 bits per heavy atom. The lowest BCUT2D eigenvalue weighted by atomic mass is 9.70. The third-order valence-corrected chi connectivity index (χ3v) is 7.59. The first-order valence-corrected chi connectivity index (χ1v) is 16.9. The molecule has 9 heteroatoms. The summed E-state index contributed by atoms with van der Waals surface area (Å²) in [5.74, 6) is 0.791. The van der Waals surface area contributed by atoms with Crippen LogP contribution in [0.25, 0.3) is 0 Å². The van der Waals surface area contributed by atoms with Crippen molar-refractivity contribution in [2.24, 2.45) is 44.3 Å². The maximum absolute atomic E-state index is 9.03. The number of aliphatic hydroxyl groups is 2. The second-order valence-corrected chi connectivity index (χ2v) is 19.9. The minimum atomic E-state index is 0. The summed E-state index contributed by atoms with van der Waals surface area (Å²) in [5.41, 5.74) is 2.41. The van der Waals surface area contributed by atoms with E-state index in [1.807, 2.05) is 7.48 Å². The van der Waals surface area contributed by atoms with Crippen molar-refractivity contribution in [1.29, 1.82) is 0 Å². The van der Waals surface area contributed by atoms with Crippen LogP contribution in [0.2, 0.25) is 6.32 Å². The average molecular weight is 639 g/mol. The maximum atomic E-state index is 9.03. The largest absolute Gasteiger partial charge is 0.440 e. The third kappa shape index (κ3) is 31.0. The lowest BCUT2D eigenvalue weighted by Gasteiger charge is -2.34. The molecule has 267 valence electrons. The first kappa shape index (κ1) is 49.3. The molecule has 5 radical (unpaired) electrons. The summed E-state index contributed by atoms with van der Waals surface area (Å²) in [4.78, 5) is 0. The van der Waals surface area contributed by atoms with Crippen LogP contribution in [-0.4, -0.2) is 75.7 Å². The molecule has 4 N–H and O–H groups in total. The minimum absolute atomic E-state index is 0. The van der Waals surface area contributed by atoms with E-state index in [9.17, 15) is 0 Å². The zero-order valence-electron chi connectivity index (χ0n) is 32.8. The van der Waals surface area contributed by atoms with Crippen molar-refractivity contribution in [3.05, 3.63) is 0 Å². The van der Waals surface area contributed by atoms with E-state index < -0.39 is 0 Å². The summed E-state index contributed by atoms with van der Waals surface area (Å²) in [6.07, 6.45) is 8.18. The first-order chi connectivity index (χ1) is 20.1. The predicted molar refractivity (Wildman–Crippen MR) is 198 cm³/mol. The fraction of sp³-hybridized carbons (Fsp3) is 1.00. The quantitative estimate of drug-likeness (QED) is 0.0779. The molecule has 6 nitrogen and oxygen atoms in total. The standard InChI is InChI=1S/C12H24BO.C12H26O2.C12H24O.B2.H2O2.H2/c1-11(2,3)9-12(4,5)6-10-7-13-14-8-10;1-11(2,3)9-12(4,5)6-10(7-13)8-14;1-10(2,3)7-11(4,5)8-12(6)9-13-12;2*1-2;/h10H,6-9H2,1-5H3;10,13-14H,6-9H2,1-5H3;7-9H2,1-6H3;;1-2H;1H. The van der Waals surface area contributed by atoms with E-state index in [1.165, 1.54) is 25.7 Å². The SMILES string of the molecule is CC(C)(C)CC(C)(C)CC(CO)CO.CC(C)(C)CC(C)(C)CC1(C)CO1.CC(C)(C)CC(C)(C)CC1C[B]OC1.OO.[B][B].[HH]. The normalized spacial score (nSPS) is 20.2. The van der Waals surface area contributed by atoms with Crippen molar-refractivity contribution in [1.82, 2.24) is 0 Å². The predicted octanol–water partition coefficient (Wildman–Crippen LogP) is 9.09. The van der Waals surface area contributed by atoms with Gasteiger partial charge in [-0.15, -0.1) is 0 Å². The van der Waals surface area contributed by atoms with E-state index in [2.05, 4.69) is 126 Å². The Labute approximate surface area is 286 Å². The van der Waals surface area contributed by atoms with Crippen LogP contribution in [-0.2, 0) is 9.39 Å². The average Bonchev–Trinajstić information content (AvgIpc) is 3.30. The van der Waals surface area contributed by atoms with Crippen molar-refractivity contribution in [2.75, 3.05) is 26.4 Å². The molecular formula is C36H78B3O6. The molecule has 2 fully saturated rings. The molecule has 2 rings (SSSR count). The smallest absolute Gasteiger partial charge is 0.292 e. The third-order valence-electron chi connectivity index (χ3n) is 7.59. The minimum Gasteiger partial charge on any atom is -0.440 e. The Bertz CT molecular complexity index is 692. The van der Waals surface area contributed by atoms with Crippen LogP contribution in [0.3, 0.4) is 0 Å². The number of aliphatic hydroxyl groups excluding tert-OH is 2. The molecule has 2 unspecified atom stereocenters. The molecule has 45 heavy (non-hydrogen) atoms. The van der Waals surface area contributed by atoms with E-state index in [0.717, 1.165) is 38.3 Å². The molecule has 0 aromatic carbocycles. The van der Waals surface area contributed by atoms with Gasteiger partial charge in [-0.2, -0.15) is 0 Å². The highest BCUT2D eigenvalue weighted by Gasteiger charge is 2.44. The van der Waals surface area contributed by atoms with E-state index in [-0.39, 0.29) is 31.6 Å². The fourth-order valence-electron chi connectivity index (χ4n) is 8.12. The zero-order chi connectivity index (χ0) is 36.6. The molecule has 0 aromatic heterocycles. The fourth-order valence-corrected chi connectivity index (χ4v) is 8.12. The van der Waals surface area contributed by atoms with Gasteiger partial charge in [-0.05, 0) is 90.2 Å². The van der Waals surface area contributed by atoms with Crippen LogP contribution in [0.1, 0.15) is 151 Å². The van der Waals surface area contributed by atoms with Gasteiger partial charge in [0.25, 0.3) is 7.48 Å². The molecule has 0 aromatic rings. The molecule has 2 saturated heterocycles. The molecule has 0 bridgehead atoms. The van der Waals surface area contributed by atoms with Gasteiger partial charge in [0.05, 0.1) is 12.2 Å². The topological polar surface area (TPSA) is 103 Å². The van der Waals surface area contributed by atoms with E-state index in [0.29, 0.717) is 27.1 Å². The summed E-state index contributed by atoms with van der Waals surface area (Å²) in [6, 6.07) is 0. The van der Waals surface area contributed by atoms with E-state index in [1.54, 1.807) is 0 Å². The Morgan fingerprint density at radius 3 is 1.42 bits per heavy atom. The van der Waals surface area contributed by atoms with Crippen molar-refractivity contribution >= 4 is 23.0 Å². The summed E-state index contributed by atoms with van der Waals surface area (Å²) in [7, 11) is 9.97. The van der Waals surface area contributed by atoms with Gasteiger partial charge >= 0.3 is 0 Å². The molecule has 2 heterocycles. The van der Waals surface area contributed by atoms with Crippen molar-refractivity contribution in [3.63, 3.8) is 0 Å². The van der Waals surface area contributed by atoms with Crippen LogP contribution < -0.4 is 0 Å². The lowest BCUT2D eigenvalue weighted by molar-refractivity contribution is -0.176. The number of rotatable bonds is 11. The van der Waals surface area contributed by atoms with Gasteiger partial charge in [-0.3, -0.25) is 10.5 Å². The second kappa shape index (κ2) is 21.1. The van der Waals surface area contributed by atoms with Crippen molar-refractivity contribution in [3.8, 4) is 0 Å². The Kier molecular flexibility index (Phi) is 23.2. The number of epoxide rings is 1. The van der Waals surface area contributed by atoms with Crippen LogP contribution in [0, 0.1) is 44.3 Å². The summed E-state index contributed by atoms with van der Waals surface area (Å²) in [6.45, 7) is 38.8. The lowest BCUT2D eigenvalue weighted by Crippen LogP contribution is -2.26. The summed E-state index contributed by atoms with van der Waals surface area (Å²) in [5, 5.41) is 30.1. The Balaban J connectivity index is -0.000000269. The van der Waals surface area contributed by atoms with Gasteiger partial charge in [-0.25, -0.2) is 0 Å². The van der Waals surface area contributed by atoms with E-state index in [4.69, 9.17) is 30.1 Å². The van der Waals surface area contributed by atoms with Crippen LogP contribution >= 0.6 is 0 Å². The zero-order valence-corrected chi connectivity index (χ0v) is 32.8. The highest BCUT2D eigenvalue weighted by Crippen LogP contribution is 2.44. The van der Waals surface area contributed by atoms with Crippen LogP contribution in [0.15, 0.2) is 0 Å². The van der Waals surface area contributed by atoms with Gasteiger partial charge in [0.2, 0.25) is 0 Å². The summed E-state index contributed by atoms with van der Waals surface area (Å²) >= 11 is 0. The van der Waals surface area contributed by atoms with Crippen LogP contribution in [0.4, 0.5) is 0 Å². The van der Waals surface area contributed by atoms with Crippen molar-refractivity contribution < 1.29 is 31.5 Å². The maximum Gasteiger partial charge on any atom is 0.292 e. The van der Waals surface area contributed by atoms with Gasteiger partial charge < -0.3 is 19.6 Å². The number of hydrogen-bond acceptors (Lipinski definition) is 6. The number of hydrogen-bond donors (Lipinski definition) is 4. The molecule has 2 aliphatic heterocycles. The van der Waals surface area contributed by atoms with Gasteiger partial charge in [0.1, 0.15) is 0 Å². The van der Waals surface area contributed by atoms with Gasteiger partial charge in [0.15, 0.2) is 0 Å². The highest BCUT2D eigenvalue weighted by molar-refractivity contribution is 6.75. The monoisotopic (exact) mass is 640 g/mol. The molecular weight excluding hydrogens is 561 g/mol. The molecule has 0 amide bonds. The molecule has 0 spiro atoms. The molecule has 2 atom stereocenters. The molecule has 2 aliphatic rings. The van der Waals surface area contributed by atoms with Gasteiger partial charge in [-0.1, -0.05) is 104 Å². The first-order valence-electron chi connectivity index (χ1n) is 16.9. The Morgan fingerprint density at radius 1 is 0.733 bits per heavy atom.